The normalized spacial score (nSPS) is 11.8. The fraction of sp³-hybridized carbons (Fsp3) is 0.750. The third-order valence-corrected chi connectivity index (χ3v) is 2.05. The molecule has 0 heterocycles. The van der Waals surface area contributed by atoms with E-state index in [0.29, 0.717) is 0 Å². The Balaban J connectivity index is 3.48. The molecule has 0 radical (unpaired) electrons. The van der Waals surface area contributed by atoms with Crippen molar-refractivity contribution in [2.45, 2.75) is 25.8 Å². The molecule has 4 heteroatoms. The second kappa shape index (κ2) is 6.99. The number of hydrogen-bond acceptors (Lipinski definition) is 3. The predicted octanol–water partition coefficient (Wildman–Crippen LogP) is 1.16. The molecule has 0 aliphatic carbocycles. The Bertz CT molecular complexity index is 176. The number of nitrogens with one attached hydrogen (secondary N) is 1. The molecule has 0 fully saturated rings. The minimum Gasteiger partial charge on any atom is -0.353 e. The van der Waals surface area contributed by atoms with Crippen LogP contribution >= 0.6 is 11.8 Å². The van der Waals surface area contributed by atoms with Crippen LogP contribution in [0.3, 0.4) is 0 Å². The first-order chi connectivity index (χ1) is 5.70. The number of carbonyl (C=O) groups excluding carboxylic acids is 1. The Morgan fingerprint density at radius 2 is 2.42 bits per heavy atom. The number of rotatable bonds is 5. The van der Waals surface area contributed by atoms with Gasteiger partial charge in [-0.1, -0.05) is 0 Å². The average Bonchev–Trinajstić information content (AvgIpc) is 2.01. The molecule has 0 saturated carbocycles. The number of carbonyl (C=O) groups is 1. The topological polar surface area (TPSA) is 52.9 Å². The van der Waals surface area contributed by atoms with Crippen molar-refractivity contribution >= 4 is 17.7 Å². The summed E-state index contributed by atoms with van der Waals surface area (Å²) in [7, 11) is 0. The highest BCUT2D eigenvalue weighted by Gasteiger charge is 2.05. The summed E-state index contributed by atoms with van der Waals surface area (Å²) in [6.45, 7) is 1.95. The van der Waals surface area contributed by atoms with E-state index in [2.05, 4.69) is 5.32 Å². The number of nitriles is 1. The van der Waals surface area contributed by atoms with Gasteiger partial charge in [-0.25, -0.2) is 0 Å². The summed E-state index contributed by atoms with van der Waals surface area (Å²) >= 11 is 1.75. The molecule has 1 atom stereocenters. The number of thioether (sulfide) groups is 1. The minimum atomic E-state index is -0.175. The summed E-state index contributed by atoms with van der Waals surface area (Å²) in [6, 6.07) is 1.99. The molecule has 0 aromatic carbocycles. The molecular weight excluding hydrogens is 172 g/mol. The van der Waals surface area contributed by atoms with E-state index >= 15 is 0 Å². The van der Waals surface area contributed by atoms with E-state index in [-0.39, 0.29) is 18.4 Å². The lowest BCUT2D eigenvalue weighted by Crippen LogP contribution is -2.32. The largest absolute Gasteiger partial charge is 0.353 e. The minimum absolute atomic E-state index is 0.0381. The molecule has 0 bridgehead atoms. The van der Waals surface area contributed by atoms with Gasteiger partial charge in [0.15, 0.2) is 0 Å². The Kier molecular flexibility index (Phi) is 6.58. The van der Waals surface area contributed by atoms with Gasteiger partial charge in [-0.3, -0.25) is 4.79 Å². The van der Waals surface area contributed by atoms with Crippen LogP contribution in [0.4, 0.5) is 0 Å². The third kappa shape index (κ3) is 6.05. The summed E-state index contributed by atoms with van der Waals surface area (Å²) in [6.07, 6.45) is 2.95. The number of hydrogen-bond donors (Lipinski definition) is 1. The lowest BCUT2D eigenvalue weighted by Gasteiger charge is -2.11. The van der Waals surface area contributed by atoms with Crippen molar-refractivity contribution in [1.82, 2.24) is 5.32 Å². The fourth-order valence-corrected chi connectivity index (χ4v) is 1.35. The number of amides is 1. The second-order valence-electron chi connectivity index (χ2n) is 2.58. The van der Waals surface area contributed by atoms with Crippen molar-refractivity contribution in [2.24, 2.45) is 0 Å². The second-order valence-corrected chi connectivity index (χ2v) is 3.57. The molecule has 0 aromatic rings. The Morgan fingerprint density at radius 1 is 1.75 bits per heavy atom. The molecule has 1 amide bonds. The lowest BCUT2D eigenvalue weighted by molar-refractivity contribution is -0.120. The zero-order valence-electron chi connectivity index (χ0n) is 7.46. The molecule has 0 aliphatic rings. The van der Waals surface area contributed by atoms with Gasteiger partial charge in [0.1, 0.15) is 6.42 Å². The van der Waals surface area contributed by atoms with Gasteiger partial charge in [0.2, 0.25) is 5.91 Å². The molecule has 0 aromatic heterocycles. The van der Waals surface area contributed by atoms with E-state index in [1.54, 1.807) is 11.8 Å². The molecule has 0 spiro atoms. The zero-order valence-corrected chi connectivity index (χ0v) is 8.28. The van der Waals surface area contributed by atoms with Crippen LogP contribution in [0.2, 0.25) is 0 Å². The molecule has 12 heavy (non-hydrogen) atoms. The van der Waals surface area contributed by atoms with Crippen LogP contribution in [0.25, 0.3) is 0 Å². The third-order valence-electron chi connectivity index (χ3n) is 1.40. The van der Waals surface area contributed by atoms with Gasteiger partial charge >= 0.3 is 0 Å². The van der Waals surface area contributed by atoms with Crippen LogP contribution in [0.5, 0.6) is 0 Å². The van der Waals surface area contributed by atoms with Crippen LogP contribution in [-0.4, -0.2) is 24.0 Å². The molecule has 3 nitrogen and oxygen atoms in total. The molecule has 1 unspecified atom stereocenters. The van der Waals surface area contributed by atoms with Gasteiger partial charge in [0, 0.05) is 6.04 Å². The molecule has 68 valence electrons. The first-order valence-electron chi connectivity index (χ1n) is 3.86. The maximum absolute atomic E-state index is 10.9. The molecular formula is C8H14N2OS. The van der Waals surface area contributed by atoms with Crippen LogP contribution in [0.1, 0.15) is 19.8 Å². The summed E-state index contributed by atoms with van der Waals surface area (Å²) in [4.78, 5) is 10.9. The maximum Gasteiger partial charge on any atom is 0.234 e. The molecule has 0 aliphatic heterocycles. The van der Waals surface area contributed by atoms with Crippen molar-refractivity contribution in [3.05, 3.63) is 0 Å². The summed E-state index contributed by atoms with van der Waals surface area (Å²) in [5.41, 5.74) is 0. The van der Waals surface area contributed by atoms with E-state index in [1.807, 2.05) is 19.2 Å². The number of nitrogens with zero attached hydrogens (tertiary/aromatic N) is 1. The van der Waals surface area contributed by atoms with Crippen molar-refractivity contribution in [1.29, 1.82) is 5.26 Å². The maximum atomic E-state index is 10.9. The Hall–Kier alpha value is -0.690. The van der Waals surface area contributed by atoms with Crippen molar-refractivity contribution in [2.75, 3.05) is 12.0 Å². The highest BCUT2D eigenvalue weighted by Crippen LogP contribution is 1.99. The van der Waals surface area contributed by atoms with Gasteiger partial charge < -0.3 is 5.32 Å². The van der Waals surface area contributed by atoms with Crippen LogP contribution < -0.4 is 5.32 Å². The summed E-state index contributed by atoms with van der Waals surface area (Å²) < 4.78 is 0. The van der Waals surface area contributed by atoms with E-state index < -0.39 is 0 Å². The molecule has 1 N–H and O–H groups in total. The fourth-order valence-electron chi connectivity index (χ4n) is 0.764. The van der Waals surface area contributed by atoms with Gasteiger partial charge in [0.25, 0.3) is 0 Å². The van der Waals surface area contributed by atoms with Gasteiger partial charge in [-0.05, 0) is 25.4 Å². The predicted molar refractivity (Wildman–Crippen MR) is 50.8 cm³/mol. The monoisotopic (exact) mass is 186 g/mol. The molecule has 0 rings (SSSR count). The van der Waals surface area contributed by atoms with Crippen molar-refractivity contribution in [3.8, 4) is 6.07 Å². The summed E-state index contributed by atoms with van der Waals surface area (Å²) in [5, 5.41) is 11.0. The van der Waals surface area contributed by atoms with Crippen LogP contribution in [0.15, 0.2) is 0 Å². The first-order valence-corrected chi connectivity index (χ1v) is 5.25. The smallest absolute Gasteiger partial charge is 0.234 e. The highest BCUT2D eigenvalue weighted by molar-refractivity contribution is 7.98. The SMILES string of the molecule is CSCCC(C)NC(=O)CC#N. The molecule has 0 saturated heterocycles. The van der Waals surface area contributed by atoms with E-state index in [4.69, 9.17) is 5.26 Å². The van der Waals surface area contributed by atoms with Gasteiger partial charge in [-0.15, -0.1) is 0 Å². The summed E-state index contributed by atoms with van der Waals surface area (Å²) in [5.74, 6) is 0.861. The van der Waals surface area contributed by atoms with E-state index in [0.717, 1.165) is 12.2 Å². The van der Waals surface area contributed by atoms with Crippen LogP contribution in [0, 0.1) is 11.3 Å². The Labute approximate surface area is 77.5 Å². The highest BCUT2D eigenvalue weighted by atomic mass is 32.2. The van der Waals surface area contributed by atoms with Crippen molar-refractivity contribution < 1.29 is 4.79 Å². The van der Waals surface area contributed by atoms with E-state index in [9.17, 15) is 4.79 Å². The average molecular weight is 186 g/mol. The lowest BCUT2D eigenvalue weighted by atomic mass is 10.2. The van der Waals surface area contributed by atoms with Crippen LogP contribution in [-0.2, 0) is 4.79 Å². The Morgan fingerprint density at radius 3 is 2.92 bits per heavy atom. The van der Waals surface area contributed by atoms with Crippen molar-refractivity contribution in [3.63, 3.8) is 0 Å². The standard InChI is InChI=1S/C8H14N2OS/c1-7(4-6-12-2)10-8(11)3-5-9/h7H,3-4,6H2,1-2H3,(H,10,11). The zero-order chi connectivity index (χ0) is 9.40. The van der Waals surface area contributed by atoms with Gasteiger partial charge in [-0.2, -0.15) is 17.0 Å². The first kappa shape index (κ1) is 11.3. The van der Waals surface area contributed by atoms with Gasteiger partial charge in [0.05, 0.1) is 6.07 Å². The van der Waals surface area contributed by atoms with E-state index in [1.165, 1.54) is 0 Å². The quantitative estimate of drug-likeness (QED) is 0.701.